The second kappa shape index (κ2) is 7.73. The van der Waals surface area contributed by atoms with Crippen molar-refractivity contribution in [3.05, 3.63) is 69.7 Å². The molecule has 1 aromatic heterocycles. The van der Waals surface area contributed by atoms with Crippen molar-refractivity contribution in [2.45, 2.75) is 32.7 Å². The molecule has 1 saturated heterocycles. The van der Waals surface area contributed by atoms with Gasteiger partial charge in [-0.25, -0.2) is 4.98 Å². The summed E-state index contributed by atoms with van der Waals surface area (Å²) in [6, 6.07) is 14.9. The van der Waals surface area contributed by atoms with E-state index in [1.165, 1.54) is 22.3 Å². The van der Waals surface area contributed by atoms with Crippen molar-refractivity contribution in [3.63, 3.8) is 0 Å². The first-order valence-electron chi connectivity index (χ1n) is 10.3. The Kier molecular flexibility index (Phi) is 4.94. The van der Waals surface area contributed by atoms with Crippen LogP contribution in [-0.4, -0.2) is 28.9 Å². The zero-order chi connectivity index (χ0) is 19.8. The summed E-state index contributed by atoms with van der Waals surface area (Å²) >= 11 is 1.70. The third-order valence-corrected chi connectivity index (χ3v) is 6.89. The molecule has 1 N–H and O–H groups in total. The Morgan fingerprint density at radius 3 is 2.72 bits per heavy atom. The molecule has 0 radical (unpaired) electrons. The van der Waals surface area contributed by atoms with Gasteiger partial charge in [0, 0.05) is 23.5 Å². The van der Waals surface area contributed by atoms with Gasteiger partial charge in [-0.2, -0.15) is 0 Å². The molecule has 3 aromatic rings. The summed E-state index contributed by atoms with van der Waals surface area (Å²) in [5.74, 6) is 0.249. The van der Waals surface area contributed by atoms with Crippen LogP contribution in [0.4, 0.5) is 5.69 Å². The summed E-state index contributed by atoms with van der Waals surface area (Å²) in [5.41, 5.74) is 7.36. The fourth-order valence-corrected chi connectivity index (χ4v) is 5.13. The van der Waals surface area contributed by atoms with E-state index in [0.29, 0.717) is 0 Å². The van der Waals surface area contributed by atoms with E-state index in [-0.39, 0.29) is 11.8 Å². The van der Waals surface area contributed by atoms with Gasteiger partial charge in [0.05, 0.1) is 10.7 Å². The number of aromatic nitrogens is 1. The van der Waals surface area contributed by atoms with Gasteiger partial charge < -0.3 is 5.32 Å². The number of hydrogen-bond acceptors (Lipinski definition) is 4. The average Bonchev–Trinajstić information content (AvgIpc) is 3.31. The minimum Gasteiger partial charge on any atom is -0.326 e. The fraction of sp³-hybridized carbons (Fsp3) is 0.333. The molecule has 5 heteroatoms. The van der Waals surface area contributed by atoms with Crippen LogP contribution in [0.3, 0.4) is 0 Å². The van der Waals surface area contributed by atoms with Crippen LogP contribution < -0.4 is 5.32 Å². The molecule has 1 fully saturated rings. The summed E-state index contributed by atoms with van der Waals surface area (Å²) in [6.45, 7) is 4.84. The average molecular weight is 404 g/mol. The minimum atomic E-state index is 0.0915. The Morgan fingerprint density at radius 2 is 1.93 bits per heavy atom. The SMILES string of the molecule is Cc1nc(CN2CCC(C(=O)Nc3ccc4c(c3)Cc3ccccc3-4)CC2)cs1. The van der Waals surface area contributed by atoms with Crippen molar-refractivity contribution in [1.82, 2.24) is 9.88 Å². The first-order valence-corrected chi connectivity index (χ1v) is 11.2. The van der Waals surface area contributed by atoms with Crippen molar-refractivity contribution < 1.29 is 4.79 Å². The normalized spacial score (nSPS) is 16.4. The number of rotatable bonds is 4. The molecule has 5 rings (SSSR count). The van der Waals surface area contributed by atoms with Crippen molar-refractivity contribution in [2.75, 3.05) is 18.4 Å². The summed E-state index contributed by atoms with van der Waals surface area (Å²) in [7, 11) is 0. The maximum atomic E-state index is 12.8. The molecule has 2 aromatic carbocycles. The van der Waals surface area contributed by atoms with E-state index in [9.17, 15) is 4.79 Å². The lowest BCUT2D eigenvalue weighted by atomic mass is 9.95. The number of likely N-dealkylation sites (tertiary alicyclic amines) is 1. The standard InChI is InChI=1S/C24H25N3OS/c1-16-25-21(15-29-16)14-27-10-8-17(9-11-27)24(28)26-20-6-7-23-19(13-20)12-18-4-2-3-5-22(18)23/h2-7,13,15,17H,8-12,14H2,1H3,(H,26,28). The summed E-state index contributed by atoms with van der Waals surface area (Å²) in [5, 5.41) is 6.42. The van der Waals surface area contributed by atoms with Crippen LogP contribution in [0.15, 0.2) is 47.8 Å². The number of aryl methyl sites for hydroxylation is 1. The topological polar surface area (TPSA) is 45.2 Å². The highest BCUT2D eigenvalue weighted by Gasteiger charge is 2.26. The monoisotopic (exact) mass is 403 g/mol. The smallest absolute Gasteiger partial charge is 0.227 e. The highest BCUT2D eigenvalue weighted by Crippen LogP contribution is 2.37. The number of fused-ring (bicyclic) bond motifs is 3. The Morgan fingerprint density at radius 1 is 1.14 bits per heavy atom. The Hall–Kier alpha value is -2.50. The predicted octanol–water partition coefficient (Wildman–Crippen LogP) is 4.87. The molecule has 2 aliphatic rings. The lowest BCUT2D eigenvalue weighted by Crippen LogP contribution is -2.37. The van der Waals surface area contributed by atoms with Crippen LogP contribution in [0.2, 0.25) is 0 Å². The number of carbonyl (C=O) groups excluding carboxylic acids is 1. The zero-order valence-electron chi connectivity index (χ0n) is 16.6. The number of benzene rings is 2. The van der Waals surface area contributed by atoms with Crippen LogP contribution in [0.25, 0.3) is 11.1 Å². The molecule has 29 heavy (non-hydrogen) atoms. The molecule has 0 bridgehead atoms. The quantitative estimate of drug-likeness (QED) is 0.529. The number of nitrogens with zero attached hydrogens (tertiary/aromatic N) is 2. The highest BCUT2D eigenvalue weighted by atomic mass is 32.1. The highest BCUT2D eigenvalue weighted by molar-refractivity contribution is 7.09. The maximum absolute atomic E-state index is 12.8. The third kappa shape index (κ3) is 3.85. The fourth-order valence-electron chi connectivity index (χ4n) is 4.53. The molecule has 1 amide bonds. The van der Waals surface area contributed by atoms with Crippen LogP contribution in [0, 0.1) is 12.8 Å². The third-order valence-electron chi connectivity index (χ3n) is 6.07. The second-order valence-electron chi connectivity index (χ2n) is 8.10. The number of piperidine rings is 1. The lowest BCUT2D eigenvalue weighted by molar-refractivity contribution is -0.121. The summed E-state index contributed by atoms with van der Waals surface area (Å²) in [4.78, 5) is 19.8. The zero-order valence-corrected chi connectivity index (χ0v) is 17.5. The lowest BCUT2D eigenvalue weighted by Gasteiger charge is -2.30. The molecule has 1 aliphatic heterocycles. The molecule has 1 aliphatic carbocycles. The van der Waals surface area contributed by atoms with Gasteiger partial charge in [0.25, 0.3) is 0 Å². The maximum Gasteiger partial charge on any atom is 0.227 e. The molecule has 0 atom stereocenters. The number of amides is 1. The molecule has 0 unspecified atom stereocenters. The largest absolute Gasteiger partial charge is 0.326 e. The molecule has 0 spiro atoms. The Bertz CT molecular complexity index is 1050. The first-order chi connectivity index (χ1) is 14.2. The van der Waals surface area contributed by atoms with Crippen molar-refractivity contribution in [1.29, 1.82) is 0 Å². The van der Waals surface area contributed by atoms with Crippen LogP contribution in [0.1, 0.15) is 34.7 Å². The van der Waals surface area contributed by atoms with Crippen molar-refractivity contribution in [2.24, 2.45) is 5.92 Å². The van der Waals surface area contributed by atoms with E-state index in [1.54, 1.807) is 11.3 Å². The summed E-state index contributed by atoms with van der Waals surface area (Å²) < 4.78 is 0. The number of carbonyl (C=O) groups is 1. The van der Waals surface area contributed by atoms with Gasteiger partial charge >= 0.3 is 0 Å². The van der Waals surface area contributed by atoms with Gasteiger partial charge in [0.1, 0.15) is 0 Å². The molecule has 0 saturated carbocycles. The van der Waals surface area contributed by atoms with E-state index >= 15 is 0 Å². The van der Waals surface area contributed by atoms with Gasteiger partial charge in [0.15, 0.2) is 0 Å². The molecule has 2 heterocycles. The van der Waals surface area contributed by atoms with Gasteiger partial charge in [-0.15, -0.1) is 11.3 Å². The van der Waals surface area contributed by atoms with Gasteiger partial charge in [-0.05, 0) is 73.7 Å². The van der Waals surface area contributed by atoms with Crippen LogP contribution in [-0.2, 0) is 17.8 Å². The second-order valence-corrected chi connectivity index (χ2v) is 9.17. The predicted molar refractivity (Wildman–Crippen MR) is 118 cm³/mol. The summed E-state index contributed by atoms with van der Waals surface area (Å²) in [6.07, 6.45) is 2.76. The Balaban J connectivity index is 1.18. The van der Waals surface area contributed by atoms with Crippen molar-refractivity contribution >= 4 is 22.9 Å². The minimum absolute atomic E-state index is 0.0915. The van der Waals surface area contributed by atoms with E-state index < -0.39 is 0 Å². The Labute approximate surface area is 175 Å². The van der Waals surface area contributed by atoms with Gasteiger partial charge in [-0.3, -0.25) is 9.69 Å². The van der Waals surface area contributed by atoms with E-state index in [2.05, 4.69) is 57.0 Å². The van der Waals surface area contributed by atoms with Gasteiger partial charge in [-0.1, -0.05) is 30.3 Å². The van der Waals surface area contributed by atoms with Crippen LogP contribution in [0.5, 0.6) is 0 Å². The molecular weight excluding hydrogens is 378 g/mol. The van der Waals surface area contributed by atoms with E-state index in [1.807, 2.05) is 13.0 Å². The van der Waals surface area contributed by atoms with E-state index in [4.69, 9.17) is 0 Å². The number of nitrogens with one attached hydrogen (secondary N) is 1. The van der Waals surface area contributed by atoms with Crippen molar-refractivity contribution in [3.8, 4) is 11.1 Å². The first kappa shape index (κ1) is 18.5. The van der Waals surface area contributed by atoms with E-state index in [0.717, 1.165) is 55.3 Å². The number of anilines is 1. The van der Waals surface area contributed by atoms with Gasteiger partial charge in [0.2, 0.25) is 5.91 Å². The molecule has 4 nitrogen and oxygen atoms in total. The van der Waals surface area contributed by atoms with Crippen LogP contribution >= 0.6 is 11.3 Å². The molecular formula is C24H25N3OS. The number of thiazole rings is 1. The number of hydrogen-bond donors (Lipinski definition) is 1. The molecule has 148 valence electrons.